The molecule has 0 spiro atoms. The minimum Gasteiger partial charge on any atom is -0.330 e. The summed E-state index contributed by atoms with van der Waals surface area (Å²) in [7, 11) is 0. The van der Waals surface area contributed by atoms with E-state index in [0.29, 0.717) is 23.9 Å². The van der Waals surface area contributed by atoms with E-state index < -0.39 is 12.7 Å². The van der Waals surface area contributed by atoms with E-state index in [4.69, 9.17) is 0 Å². The highest BCUT2D eigenvalue weighted by molar-refractivity contribution is 9.09. The van der Waals surface area contributed by atoms with E-state index >= 15 is 0 Å². The molecule has 1 rings (SSSR count). The van der Waals surface area contributed by atoms with Crippen molar-refractivity contribution in [1.82, 2.24) is 15.2 Å². The van der Waals surface area contributed by atoms with E-state index in [1.165, 1.54) is 0 Å². The number of alkyl halides is 4. The van der Waals surface area contributed by atoms with Crippen molar-refractivity contribution in [3.63, 3.8) is 0 Å². The molecule has 4 nitrogen and oxygen atoms in total. The van der Waals surface area contributed by atoms with Gasteiger partial charge in [-0.25, -0.2) is 4.98 Å². The van der Waals surface area contributed by atoms with E-state index in [-0.39, 0.29) is 12.5 Å². The van der Waals surface area contributed by atoms with E-state index in [1.54, 1.807) is 0 Å². The minimum atomic E-state index is -4.29. The molecular weight excluding hydrogens is 325 g/mol. The number of hydrogen-bond donors (Lipinski definition) is 0. The number of aromatic nitrogens is 3. The van der Waals surface area contributed by atoms with Crippen LogP contribution in [0.5, 0.6) is 0 Å². The Bertz CT molecular complexity index is 411. The Hall–Kier alpha value is -0.920. The molecule has 0 N–H and O–H groups in total. The second-order valence-corrected chi connectivity index (χ2v) is 4.73. The summed E-state index contributed by atoms with van der Waals surface area (Å²) in [5, 5.41) is 8.18. The topological polar surface area (TPSA) is 41.9 Å². The second-order valence-electron chi connectivity index (χ2n) is 3.94. The summed E-state index contributed by atoms with van der Waals surface area (Å²) in [5.41, 5.74) is 1.44. The third-order valence-corrected chi connectivity index (χ3v) is 2.86. The quantitative estimate of drug-likeness (QED) is 0.747. The lowest BCUT2D eigenvalue weighted by Gasteiger charge is -2.23. The molecule has 0 radical (unpaired) electrons. The van der Waals surface area contributed by atoms with Gasteiger partial charge in [-0.1, -0.05) is 29.8 Å². The van der Waals surface area contributed by atoms with Gasteiger partial charge in [0.2, 0.25) is 5.95 Å². The normalized spacial score (nSPS) is 11.7. The van der Waals surface area contributed by atoms with Gasteiger partial charge in [-0.2, -0.15) is 18.3 Å². The van der Waals surface area contributed by atoms with Crippen molar-refractivity contribution in [1.29, 1.82) is 0 Å². The van der Waals surface area contributed by atoms with Gasteiger partial charge in [0, 0.05) is 11.9 Å². The van der Waals surface area contributed by atoms with Crippen LogP contribution in [0.1, 0.15) is 25.2 Å². The average Bonchev–Trinajstić information content (AvgIpc) is 2.36. The zero-order chi connectivity index (χ0) is 14.5. The lowest BCUT2D eigenvalue weighted by molar-refractivity contribution is -0.119. The molecule has 0 aromatic carbocycles. The first-order valence-corrected chi connectivity index (χ1v) is 7.13. The molecule has 0 saturated heterocycles. The second kappa shape index (κ2) is 7.02. The number of aryl methyl sites for hydroxylation is 2. The molecule has 1 aromatic rings. The molecule has 0 aliphatic carbocycles. The van der Waals surface area contributed by atoms with Gasteiger partial charge in [-0.05, 0) is 12.8 Å². The van der Waals surface area contributed by atoms with Crippen molar-refractivity contribution in [3.05, 3.63) is 11.4 Å². The summed E-state index contributed by atoms with van der Waals surface area (Å²) in [4.78, 5) is 5.28. The summed E-state index contributed by atoms with van der Waals surface area (Å²) < 4.78 is 37.5. The molecule has 19 heavy (non-hydrogen) atoms. The molecular formula is C11H16BrF3N4. The Balaban J connectivity index is 3.02. The van der Waals surface area contributed by atoms with Crippen molar-refractivity contribution in [2.24, 2.45) is 0 Å². The monoisotopic (exact) mass is 340 g/mol. The molecule has 0 amide bonds. The third kappa shape index (κ3) is 4.93. The van der Waals surface area contributed by atoms with Crippen LogP contribution in [0.4, 0.5) is 19.1 Å². The van der Waals surface area contributed by atoms with E-state index in [0.717, 1.165) is 10.6 Å². The molecule has 108 valence electrons. The Morgan fingerprint density at radius 1 is 1.11 bits per heavy atom. The van der Waals surface area contributed by atoms with E-state index in [1.807, 2.05) is 13.8 Å². The summed E-state index contributed by atoms with van der Waals surface area (Å²) in [5.74, 6) is 0.0332. The molecule has 1 heterocycles. The largest absolute Gasteiger partial charge is 0.406 e. The smallest absolute Gasteiger partial charge is 0.330 e. The first-order valence-electron chi connectivity index (χ1n) is 6.01. The highest BCUT2D eigenvalue weighted by atomic mass is 79.9. The number of halogens is 4. The summed E-state index contributed by atoms with van der Waals surface area (Å²) in [6, 6.07) is 0. The summed E-state index contributed by atoms with van der Waals surface area (Å²) in [6.07, 6.45) is -3.00. The number of anilines is 1. The average molecular weight is 341 g/mol. The Kier molecular flexibility index (Phi) is 5.96. The van der Waals surface area contributed by atoms with Crippen molar-refractivity contribution >= 4 is 21.9 Å². The summed E-state index contributed by atoms with van der Waals surface area (Å²) in [6.45, 7) is 2.91. The molecule has 0 bridgehead atoms. The van der Waals surface area contributed by atoms with Gasteiger partial charge < -0.3 is 4.90 Å². The molecule has 0 aliphatic rings. The predicted octanol–water partition coefficient (Wildman–Crippen LogP) is 2.76. The number of rotatable bonds is 6. The fourth-order valence-corrected chi connectivity index (χ4v) is 2.06. The Labute approximate surface area is 118 Å². The molecule has 0 aliphatic heterocycles. The van der Waals surface area contributed by atoms with Crippen molar-refractivity contribution < 1.29 is 13.2 Å². The van der Waals surface area contributed by atoms with Crippen LogP contribution in [-0.2, 0) is 12.8 Å². The van der Waals surface area contributed by atoms with Crippen LogP contribution in [0.25, 0.3) is 0 Å². The standard InChI is InChI=1S/C11H16BrF3N4/c1-3-8-9(4-2)17-18-10(16-8)19(6-5-12)7-11(13,14)15/h3-7H2,1-2H3. The van der Waals surface area contributed by atoms with Crippen LogP contribution >= 0.6 is 15.9 Å². The molecule has 0 unspecified atom stereocenters. The molecule has 8 heteroatoms. The maximum absolute atomic E-state index is 12.5. The third-order valence-electron chi connectivity index (χ3n) is 2.51. The van der Waals surface area contributed by atoms with Gasteiger partial charge in [0.05, 0.1) is 11.4 Å². The maximum atomic E-state index is 12.5. The highest BCUT2D eigenvalue weighted by Gasteiger charge is 2.32. The van der Waals surface area contributed by atoms with Crippen LogP contribution in [0, 0.1) is 0 Å². The zero-order valence-electron chi connectivity index (χ0n) is 10.8. The van der Waals surface area contributed by atoms with Crippen LogP contribution < -0.4 is 4.90 Å². The zero-order valence-corrected chi connectivity index (χ0v) is 12.4. The lowest BCUT2D eigenvalue weighted by Crippen LogP contribution is -2.37. The fraction of sp³-hybridized carbons (Fsp3) is 0.727. The van der Waals surface area contributed by atoms with Gasteiger partial charge >= 0.3 is 6.18 Å². The van der Waals surface area contributed by atoms with Crippen LogP contribution in [0.3, 0.4) is 0 Å². The SMILES string of the molecule is CCc1nnc(N(CCBr)CC(F)(F)F)nc1CC. The Morgan fingerprint density at radius 2 is 1.74 bits per heavy atom. The van der Waals surface area contributed by atoms with Crippen molar-refractivity contribution in [3.8, 4) is 0 Å². The van der Waals surface area contributed by atoms with Gasteiger partial charge in [0.1, 0.15) is 6.54 Å². The van der Waals surface area contributed by atoms with Crippen LogP contribution in [0.15, 0.2) is 0 Å². The highest BCUT2D eigenvalue weighted by Crippen LogP contribution is 2.20. The first-order chi connectivity index (χ1) is 8.91. The number of hydrogen-bond acceptors (Lipinski definition) is 4. The molecule has 0 saturated carbocycles. The van der Waals surface area contributed by atoms with Gasteiger partial charge in [-0.15, -0.1) is 5.10 Å². The van der Waals surface area contributed by atoms with E-state index in [9.17, 15) is 13.2 Å². The lowest BCUT2D eigenvalue weighted by atomic mass is 10.2. The minimum absolute atomic E-state index is 0.0332. The van der Waals surface area contributed by atoms with Gasteiger partial charge in [0.15, 0.2) is 0 Å². The number of nitrogens with zero attached hydrogens (tertiary/aromatic N) is 4. The maximum Gasteiger partial charge on any atom is 0.406 e. The molecule has 0 fully saturated rings. The van der Waals surface area contributed by atoms with E-state index in [2.05, 4.69) is 31.1 Å². The summed E-state index contributed by atoms with van der Waals surface area (Å²) >= 11 is 3.13. The van der Waals surface area contributed by atoms with Crippen molar-refractivity contribution in [2.75, 3.05) is 23.3 Å². The van der Waals surface area contributed by atoms with Gasteiger partial charge in [0.25, 0.3) is 0 Å². The Morgan fingerprint density at radius 3 is 2.21 bits per heavy atom. The van der Waals surface area contributed by atoms with Crippen LogP contribution in [0.2, 0.25) is 0 Å². The molecule has 1 aromatic heterocycles. The molecule has 0 atom stereocenters. The van der Waals surface area contributed by atoms with Crippen molar-refractivity contribution in [2.45, 2.75) is 32.9 Å². The fourth-order valence-electron chi connectivity index (χ4n) is 1.63. The first kappa shape index (κ1) is 16.1. The van der Waals surface area contributed by atoms with Crippen LogP contribution in [-0.4, -0.2) is 39.8 Å². The predicted molar refractivity (Wildman–Crippen MR) is 70.6 cm³/mol. The van der Waals surface area contributed by atoms with Gasteiger partial charge in [-0.3, -0.25) is 0 Å².